The monoisotopic (exact) mass is 371 g/mol. The van der Waals surface area contributed by atoms with Crippen molar-refractivity contribution in [3.63, 3.8) is 0 Å². The van der Waals surface area contributed by atoms with Crippen LogP contribution in [0.1, 0.15) is 31.2 Å². The fraction of sp³-hybridized carbons (Fsp3) is 0.350. The van der Waals surface area contributed by atoms with Gasteiger partial charge in [0.2, 0.25) is 5.91 Å². The Hall–Kier alpha value is -3.09. The average molecular weight is 371 g/mol. The third-order valence-electron chi connectivity index (χ3n) is 4.01. The lowest BCUT2D eigenvalue weighted by atomic mass is 10.2. The molecule has 0 radical (unpaired) electrons. The summed E-state index contributed by atoms with van der Waals surface area (Å²) in [5.74, 6) is -0.186. The second kappa shape index (κ2) is 10.8. The Kier molecular flexibility index (Phi) is 8.09. The maximum atomic E-state index is 11.9. The van der Waals surface area contributed by atoms with Gasteiger partial charge in [0.05, 0.1) is 0 Å². The van der Waals surface area contributed by atoms with Gasteiger partial charge in [-0.15, -0.1) is 0 Å². The molecular weight excluding hydrogens is 346 g/mol. The van der Waals surface area contributed by atoms with Crippen LogP contribution in [0.5, 0.6) is 5.75 Å². The van der Waals surface area contributed by atoms with Gasteiger partial charge in [-0.25, -0.2) is 0 Å². The van der Waals surface area contributed by atoms with Crippen LogP contribution in [0.25, 0.3) is 6.08 Å². The van der Waals surface area contributed by atoms with E-state index in [4.69, 9.17) is 4.74 Å². The van der Waals surface area contributed by atoms with Gasteiger partial charge in [-0.3, -0.25) is 25.2 Å². The molecule has 1 aromatic rings. The summed E-state index contributed by atoms with van der Waals surface area (Å²) in [6, 6.07) is 7.21. The van der Waals surface area contributed by atoms with E-state index in [1.165, 1.54) is 11.0 Å². The molecule has 0 aromatic heterocycles. The molecule has 0 saturated carbocycles. The SMILES string of the molecule is C=CCOc1ccc(/C=C/C(=O)NNC(=O)CN2CCCCCC2=O)cc1. The first-order chi connectivity index (χ1) is 13.1. The van der Waals surface area contributed by atoms with Crippen molar-refractivity contribution in [2.75, 3.05) is 19.7 Å². The number of amides is 3. The highest BCUT2D eigenvalue weighted by Gasteiger charge is 2.19. The number of hydrogen-bond acceptors (Lipinski definition) is 4. The van der Waals surface area contributed by atoms with Gasteiger partial charge in [0.15, 0.2) is 0 Å². The van der Waals surface area contributed by atoms with Crippen molar-refractivity contribution in [1.82, 2.24) is 15.8 Å². The number of ether oxygens (including phenoxy) is 1. The second-order valence-electron chi connectivity index (χ2n) is 6.17. The van der Waals surface area contributed by atoms with Crippen molar-refractivity contribution >= 4 is 23.8 Å². The Morgan fingerprint density at radius 2 is 1.93 bits per heavy atom. The summed E-state index contributed by atoms with van der Waals surface area (Å²) in [5, 5.41) is 0. The lowest BCUT2D eigenvalue weighted by molar-refractivity contribution is -0.136. The Morgan fingerprint density at radius 1 is 1.15 bits per heavy atom. The average Bonchev–Trinajstić information content (AvgIpc) is 2.88. The predicted molar refractivity (Wildman–Crippen MR) is 103 cm³/mol. The number of likely N-dealkylation sites (tertiary alicyclic amines) is 1. The van der Waals surface area contributed by atoms with Gasteiger partial charge in [0, 0.05) is 19.0 Å². The number of carbonyl (C=O) groups is 3. The van der Waals surface area contributed by atoms with Crippen LogP contribution in [0.2, 0.25) is 0 Å². The van der Waals surface area contributed by atoms with E-state index in [2.05, 4.69) is 17.4 Å². The molecule has 0 aliphatic carbocycles. The first kappa shape index (κ1) is 20.2. The zero-order valence-electron chi connectivity index (χ0n) is 15.3. The molecule has 2 N–H and O–H groups in total. The van der Waals surface area contributed by atoms with Crippen molar-refractivity contribution in [2.45, 2.75) is 25.7 Å². The van der Waals surface area contributed by atoms with Gasteiger partial charge in [0.25, 0.3) is 11.8 Å². The van der Waals surface area contributed by atoms with E-state index in [1.54, 1.807) is 24.3 Å². The molecule has 1 saturated heterocycles. The maximum Gasteiger partial charge on any atom is 0.262 e. The molecule has 1 aliphatic rings. The summed E-state index contributed by atoms with van der Waals surface area (Å²) in [6.07, 6.45) is 7.82. The molecule has 144 valence electrons. The Bertz CT molecular complexity index is 698. The van der Waals surface area contributed by atoms with Crippen LogP contribution >= 0.6 is 0 Å². The molecule has 1 aromatic carbocycles. The number of nitrogens with zero attached hydrogens (tertiary/aromatic N) is 1. The highest BCUT2D eigenvalue weighted by atomic mass is 16.5. The van der Waals surface area contributed by atoms with Crippen molar-refractivity contribution in [3.8, 4) is 5.75 Å². The lowest BCUT2D eigenvalue weighted by Crippen LogP contribution is -2.47. The van der Waals surface area contributed by atoms with Crippen LogP contribution in [0.15, 0.2) is 43.0 Å². The highest BCUT2D eigenvalue weighted by molar-refractivity contribution is 5.93. The fourth-order valence-electron chi connectivity index (χ4n) is 2.59. The Labute approximate surface area is 159 Å². The Morgan fingerprint density at radius 3 is 2.67 bits per heavy atom. The van der Waals surface area contributed by atoms with Crippen LogP contribution in [0.4, 0.5) is 0 Å². The van der Waals surface area contributed by atoms with Crippen molar-refractivity contribution in [2.24, 2.45) is 0 Å². The van der Waals surface area contributed by atoms with E-state index in [0.29, 0.717) is 25.3 Å². The van der Waals surface area contributed by atoms with Gasteiger partial charge in [-0.2, -0.15) is 0 Å². The minimum Gasteiger partial charge on any atom is -0.490 e. The molecule has 0 unspecified atom stereocenters. The third-order valence-corrected chi connectivity index (χ3v) is 4.01. The van der Waals surface area contributed by atoms with Crippen molar-refractivity contribution < 1.29 is 19.1 Å². The van der Waals surface area contributed by atoms with Gasteiger partial charge in [-0.1, -0.05) is 31.2 Å². The lowest BCUT2D eigenvalue weighted by Gasteiger charge is -2.19. The molecule has 0 atom stereocenters. The normalized spacial score (nSPS) is 14.5. The first-order valence-electron chi connectivity index (χ1n) is 8.97. The highest BCUT2D eigenvalue weighted by Crippen LogP contribution is 2.13. The van der Waals surface area contributed by atoms with E-state index in [1.807, 2.05) is 12.1 Å². The molecule has 1 fully saturated rings. The second-order valence-corrected chi connectivity index (χ2v) is 6.17. The molecule has 2 rings (SSSR count). The number of benzene rings is 1. The minimum absolute atomic E-state index is 0.0191. The molecule has 1 heterocycles. The number of nitrogens with one attached hydrogen (secondary N) is 2. The molecule has 7 nitrogen and oxygen atoms in total. The van der Waals surface area contributed by atoms with E-state index in [-0.39, 0.29) is 12.5 Å². The summed E-state index contributed by atoms with van der Waals surface area (Å²) >= 11 is 0. The van der Waals surface area contributed by atoms with Crippen LogP contribution in [0.3, 0.4) is 0 Å². The quantitative estimate of drug-likeness (QED) is 0.435. The van der Waals surface area contributed by atoms with E-state index >= 15 is 0 Å². The summed E-state index contributed by atoms with van der Waals surface area (Å²) < 4.78 is 5.38. The molecule has 3 amide bonds. The summed E-state index contributed by atoms with van der Waals surface area (Å²) in [5.41, 5.74) is 5.46. The van der Waals surface area contributed by atoms with Gasteiger partial charge in [-0.05, 0) is 36.6 Å². The maximum absolute atomic E-state index is 11.9. The smallest absolute Gasteiger partial charge is 0.262 e. The summed E-state index contributed by atoms with van der Waals surface area (Å²) in [4.78, 5) is 37.1. The molecule has 7 heteroatoms. The van der Waals surface area contributed by atoms with Crippen LogP contribution < -0.4 is 15.6 Å². The fourth-order valence-corrected chi connectivity index (χ4v) is 2.59. The van der Waals surface area contributed by atoms with E-state index in [0.717, 1.165) is 24.8 Å². The summed E-state index contributed by atoms with van der Waals surface area (Å²) in [7, 11) is 0. The number of carbonyl (C=O) groups excluding carboxylic acids is 3. The van der Waals surface area contributed by atoms with Crippen molar-refractivity contribution in [3.05, 3.63) is 48.6 Å². The first-order valence-corrected chi connectivity index (χ1v) is 8.97. The van der Waals surface area contributed by atoms with Crippen molar-refractivity contribution in [1.29, 1.82) is 0 Å². The zero-order chi connectivity index (χ0) is 19.5. The minimum atomic E-state index is -0.461. The standard InChI is InChI=1S/C20H25N3O4/c1-2-14-27-17-10-7-16(8-11-17)9-12-18(24)21-22-19(25)15-23-13-5-3-4-6-20(23)26/h2,7-12H,1,3-6,13-15H2,(H,21,24)(H,22,25)/b12-9+. The molecule has 27 heavy (non-hydrogen) atoms. The van der Waals surface area contributed by atoms with Crippen LogP contribution in [0, 0.1) is 0 Å². The van der Waals surface area contributed by atoms with E-state index < -0.39 is 11.8 Å². The molecular formula is C20H25N3O4. The van der Waals surface area contributed by atoms with Gasteiger partial charge >= 0.3 is 0 Å². The molecule has 0 spiro atoms. The van der Waals surface area contributed by atoms with E-state index in [9.17, 15) is 14.4 Å². The van der Waals surface area contributed by atoms with Gasteiger partial charge < -0.3 is 9.64 Å². The number of rotatable bonds is 7. The predicted octanol–water partition coefficient (Wildman–Crippen LogP) is 1.81. The van der Waals surface area contributed by atoms with Crippen LogP contribution in [-0.4, -0.2) is 42.3 Å². The topological polar surface area (TPSA) is 87.7 Å². The van der Waals surface area contributed by atoms with Gasteiger partial charge in [0.1, 0.15) is 18.9 Å². The number of hydrogen-bond donors (Lipinski definition) is 2. The third kappa shape index (κ3) is 7.35. The zero-order valence-corrected chi connectivity index (χ0v) is 15.3. The number of hydrazine groups is 1. The molecule has 0 bridgehead atoms. The van der Waals surface area contributed by atoms with Crippen LogP contribution in [-0.2, 0) is 14.4 Å². The Balaban J connectivity index is 1.74. The molecule has 1 aliphatic heterocycles. The largest absolute Gasteiger partial charge is 0.490 e. The summed E-state index contributed by atoms with van der Waals surface area (Å²) in [6.45, 7) is 4.54.